The normalized spacial score (nSPS) is 17.3. The van der Waals surface area contributed by atoms with E-state index in [2.05, 4.69) is 26.0 Å². The Morgan fingerprint density at radius 3 is 2.75 bits per heavy atom. The summed E-state index contributed by atoms with van der Waals surface area (Å²) in [6.45, 7) is 0.559. The summed E-state index contributed by atoms with van der Waals surface area (Å²) in [5, 5.41) is 10.9. The number of carbonyl (C=O) groups is 5. The lowest BCUT2D eigenvalue weighted by Crippen LogP contribution is -2.52. The molecule has 1 aromatic rings. The van der Waals surface area contributed by atoms with Crippen molar-refractivity contribution < 1.29 is 24.0 Å². The van der Waals surface area contributed by atoms with Crippen LogP contribution in [0, 0.1) is 0 Å². The Kier molecular flexibility index (Phi) is 7.40. The average molecular weight is 441 g/mol. The molecule has 2 aliphatic heterocycles. The highest BCUT2D eigenvalue weighted by Crippen LogP contribution is 2.32. The van der Waals surface area contributed by atoms with Crippen molar-refractivity contribution in [2.24, 2.45) is 5.11 Å². The highest BCUT2D eigenvalue weighted by Gasteiger charge is 2.39. The number of benzene rings is 1. The fraction of sp³-hybridized carbons (Fsp3) is 0.450. The Morgan fingerprint density at radius 1 is 1.22 bits per heavy atom. The van der Waals surface area contributed by atoms with E-state index in [0.717, 1.165) is 0 Å². The molecule has 1 saturated heterocycles. The number of carbonyl (C=O) groups excluding carboxylic acids is 5. The van der Waals surface area contributed by atoms with E-state index in [1.807, 2.05) is 0 Å². The molecule has 0 aliphatic carbocycles. The van der Waals surface area contributed by atoms with Gasteiger partial charge < -0.3 is 15.5 Å². The number of nitrogens with one attached hydrogen (secondary N) is 3. The zero-order valence-corrected chi connectivity index (χ0v) is 17.3. The predicted octanol–water partition coefficient (Wildman–Crippen LogP) is 0.983. The first-order valence-corrected chi connectivity index (χ1v) is 10.2. The summed E-state index contributed by atoms with van der Waals surface area (Å²) in [7, 11) is 0. The van der Waals surface area contributed by atoms with Gasteiger partial charge in [0.1, 0.15) is 6.04 Å². The third kappa shape index (κ3) is 5.41. The smallest absolute Gasteiger partial charge is 0.255 e. The number of nitrogens with zero attached hydrogens (tertiary/aromatic N) is 4. The van der Waals surface area contributed by atoms with Gasteiger partial charge in [-0.25, -0.2) is 0 Å². The number of hydrogen-bond donors (Lipinski definition) is 3. The number of rotatable bonds is 9. The molecule has 3 N–H and O–H groups in total. The van der Waals surface area contributed by atoms with Crippen molar-refractivity contribution >= 4 is 35.2 Å². The van der Waals surface area contributed by atoms with Crippen LogP contribution in [-0.4, -0.2) is 53.6 Å². The van der Waals surface area contributed by atoms with Crippen LogP contribution in [0.4, 0.5) is 5.69 Å². The minimum absolute atomic E-state index is 0.109. The SMILES string of the molecule is [N-]=[N+]=NCCNC(=O)CCCC(=O)Nc1cccc2c1CN(C1CCC(=O)NC1=O)C2=O. The first-order chi connectivity index (χ1) is 15.4. The van der Waals surface area contributed by atoms with Gasteiger partial charge in [0.05, 0.1) is 0 Å². The van der Waals surface area contributed by atoms with E-state index in [1.165, 1.54) is 4.90 Å². The molecule has 5 amide bonds. The summed E-state index contributed by atoms with van der Waals surface area (Å²) in [5.74, 6) is -1.70. The minimum atomic E-state index is -0.728. The van der Waals surface area contributed by atoms with Gasteiger partial charge in [-0.05, 0) is 30.5 Å². The topological polar surface area (TPSA) is 173 Å². The number of fused-ring (bicyclic) bond motifs is 1. The largest absolute Gasteiger partial charge is 0.356 e. The maximum Gasteiger partial charge on any atom is 0.255 e. The van der Waals surface area contributed by atoms with Gasteiger partial charge in [0, 0.05) is 60.6 Å². The van der Waals surface area contributed by atoms with Crippen LogP contribution in [0.1, 0.15) is 48.0 Å². The maximum absolute atomic E-state index is 12.8. The first kappa shape index (κ1) is 22.8. The number of amides is 5. The molecule has 2 aliphatic rings. The van der Waals surface area contributed by atoms with Crippen LogP contribution in [0.25, 0.3) is 10.4 Å². The van der Waals surface area contributed by atoms with Crippen molar-refractivity contribution in [3.05, 3.63) is 39.8 Å². The van der Waals surface area contributed by atoms with Crippen molar-refractivity contribution in [3.8, 4) is 0 Å². The van der Waals surface area contributed by atoms with Crippen molar-refractivity contribution in [2.75, 3.05) is 18.4 Å². The number of piperidine rings is 1. The van der Waals surface area contributed by atoms with Crippen molar-refractivity contribution in [1.82, 2.24) is 15.5 Å². The second-order valence-electron chi connectivity index (χ2n) is 7.44. The lowest BCUT2D eigenvalue weighted by Gasteiger charge is -2.29. The summed E-state index contributed by atoms with van der Waals surface area (Å²) >= 11 is 0. The van der Waals surface area contributed by atoms with Crippen LogP contribution in [0.3, 0.4) is 0 Å². The summed E-state index contributed by atoms with van der Waals surface area (Å²) in [6, 6.07) is 4.24. The fourth-order valence-electron chi connectivity index (χ4n) is 3.70. The fourth-order valence-corrected chi connectivity index (χ4v) is 3.70. The van der Waals surface area contributed by atoms with Crippen LogP contribution in [-0.2, 0) is 25.7 Å². The average Bonchev–Trinajstić information content (AvgIpc) is 3.09. The first-order valence-electron chi connectivity index (χ1n) is 10.2. The predicted molar refractivity (Wildman–Crippen MR) is 112 cm³/mol. The monoisotopic (exact) mass is 441 g/mol. The van der Waals surface area contributed by atoms with Crippen LogP contribution in [0.5, 0.6) is 0 Å². The highest BCUT2D eigenvalue weighted by atomic mass is 16.2. The molecule has 3 rings (SSSR count). The highest BCUT2D eigenvalue weighted by molar-refractivity contribution is 6.06. The van der Waals surface area contributed by atoms with Crippen LogP contribution in [0.2, 0.25) is 0 Å². The van der Waals surface area contributed by atoms with E-state index in [-0.39, 0.29) is 68.9 Å². The van der Waals surface area contributed by atoms with Crippen LogP contribution < -0.4 is 16.0 Å². The summed E-state index contributed by atoms with van der Waals surface area (Å²) in [5.41, 5.74) is 9.69. The van der Waals surface area contributed by atoms with Gasteiger partial charge in [0.25, 0.3) is 5.91 Å². The molecule has 1 aromatic carbocycles. The standard InChI is InChI=1S/C20H23N7O5/c21-26-23-10-9-22-16(28)5-2-6-17(29)24-14-4-1-3-12-13(14)11-27(20(12)32)15-7-8-18(30)25-19(15)31/h1,3-4,15H,2,5-11H2,(H,22,28)(H,24,29)(H,25,30,31). The van der Waals surface area contributed by atoms with E-state index in [4.69, 9.17) is 5.53 Å². The van der Waals surface area contributed by atoms with Gasteiger partial charge in [0.15, 0.2) is 0 Å². The zero-order chi connectivity index (χ0) is 23.1. The molecular weight excluding hydrogens is 418 g/mol. The van der Waals surface area contributed by atoms with Gasteiger partial charge in [0.2, 0.25) is 23.6 Å². The van der Waals surface area contributed by atoms with E-state index in [0.29, 0.717) is 23.2 Å². The third-order valence-corrected chi connectivity index (χ3v) is 5.26. The van der Waals surface area contributed by atoms with Crippen LogP contribution >= 0.6 is 0 Å². The van der Waals surface area contributed by atoms with Gasteiger partial charge in [-0.1, -0.05) is 11.2 Å². The molecule has 12 nitrogen and oxygen atoms in total. The van der Waals surface area contributed by atoms with Gasteiger partial charge in [-0.3, -0.25) is 29.3 Å². The second-order valence-corrected chi connectivity index (χ2v) is 7.44. The maximum atomic E-state index is 12.8. The molecule has 0 bridgehead atoms. The molecule has 32 heavy (non-hydrogen) atoms. The molecule has 2 heterocycles. The van der Waals surface area contributed by atoms with Crippen molar-refractivity contribution in [3.63, 3.8) is 0 Å². The Bertz CT molecular complexity index is 1000. The van der Waals surface area contributed by atoms with Gasteiger partial charge in [-0.15, -0.1) is 0 Å². The van der Waals surface area contributed by atoms with E-state index in [9.17, 15) is 24.0 Å². The zero-order valence-electron chi connectivity index (χ0n) is 17.3. The second kappa shape index (κ2) is 10.4. The van der Waals surface area contributed by atoms with E-state index >= 15 is 0 Å². The molecule has 0 spiro atoms. The Labute approximate surface area is 183 Å². The van der Waals surface area contributed by atoms with Gasteiger partial charge >= 0.3 is 0 Å². The summed E-state index contributed by atoms with van der Waals surface area (Å²) < 4.78 is 0. The van der Waals surface area contributed by atoms with Gasteiger partial charge in [-0.2, -0.15) is 0 Å². The summed E-state index contributed by atoms with van der Waals surface area (Å²) in [6.07, 6.45) is 1.02. The Balaban J connectivity index is 1.54. The number of azide groups is 1. The third-order valence-electron chi connectivity index (χ3n) is 5.26. The molecule has 1 atom stereocenters. The molecule has 1 fully saturated rings. The Hall–Kier alpha value is -3.92. The molecule has 1 unspecified atom stereocenters. The summed E-state index contributed by atoms with van der Waals surface area (Å²) in [4.78, 5) is 64.4. The van der Waals surface area contributed by atoms with Crippen molar-refractivity contribution in [2.45, 2.75) is 44.7 Å². The number of hydrogen-bond acceptors (Lipinski definition) is 6. The molecule has 168 valence electrons. The van der Waals surface area contributed by atoms with Crippen LogP contribution in [0.15, 0.2) is 23.3 Å². The molecule has 0 radical (unpaired) electrons. The quantitative estimate of drug-likeness (QED) is 0.170. The number of anilines is 1. The number of imide groups is 1. The lowest BCUT2D eigenvalue weighted by molar-refractivity contribution is -0.137. The molecule has 0 aromatic heterocycles. The lowest BCUT2D eigenvalue weighted by atomic mass is 10.0. The minimum Gasteiger partial charge on any atom is -0.356 e. The molecule has 0 saturated carbocycles. The molecule has 12 heteroatoms. The van der Waals surface area contributed by atoms with Crippen molar-refractivity contribution in [1.29, 1.82) is 0 Å². The Morgan fingerprint density at radius 2 is 2.00 bits per heavy atom. The molecular formula is C20H23N7O5. The van der Waals surface area contributed by atoms with E-state index in [1.54, 1.807) is 18.2 Å². The van der Waals surface area contributed by atoms with E-state index < -0.39 is 11.9 Å².